The van der Waals surface area contributed by atoms with Crippen LogP contribution in [0.5, 0.6) is 0 Å². The number of hydrogen-bond acceptors (Lipinski definition) is 6. The van der Waals surface area contributed by atoms with E-state index in [-0.39, 0.29) is 53.2 Å². The number of rotatable bonds is 3. The largest absolute Gasteiger partial charge is 0.459 e. The quantitative estimate of drug-likeness (QED) is 0.701. The lowest BCUT2D eigenvalue weighted by atomic mass is 10.1. The Labute approximate surface area is 177 Å². The number of amides is 3. The van der Waals surface area contributed by atoms with E-state index in [0.717, 1.165) is 4.31 Å². The average Bonchev–Trinajstić information content (AvgIpc) is 3.36. The maximum absolute atomic E-state index is 13.0. The second kappa shape index (κ2) is 7.77. The van der Waals surface area contributed by atoms with Gasteiger partial charge in [-0.2, -0.15) is 0 Å². The molecule has 9 nitrogen and oxygen atoms in total. The molecule has 2 aliphatic heterocycles. The Balaban J connectivity index is 1.50. The molecule has 0 unspecified atom stereocenters. The molecule has 0 spiro atoms. The summed E-state index contributed by atoms with van der Waals surface area (Å²) in [6.45, 7) is 1.21. The second-order valence-corrected chi connectivity index (χ2v) is 9.29. The molecule has 3 heterocycles. The molecule has 1 aromatic carbocycles. The lowest BCUT2D eigenvalue weighted by Gasteiger charge is -2.34. The molecule has 2 fully saturated rings. The summed E-state index contributed by atoms with van der Waals surface area (Å²) in [6, 6.07) is 7.35. The van der Waals surface area contributed by atoms with Crippen LogP contribution >= 0.6 is 11.6 Å². The van der Waals surface area contributed by atoms with Crippen LogP contribution in [0.2, 0.25) is 5.02 Å². The zero-order valence-electron chi connectivity index (χ0n) is 15.8. The van der Waals surface area contributed by atoms with Crippen molar-refractivity contribution >= 4 is 45.0 Å². The van der Waals surface area contributed by atoms with Crippen molar-refractivity contribution in [2.75, 3.05) is 36.2 Å². The highest BCUT2D eigenvalue weighted by Gasteiger charge is 2.37. The van der Waals surface area contributed by atoms with Gasteiger partial charge in [-0.1, -0.05) is 11.6 Å². The molecule has 2 aliphatic rings. The number of hydrogen-bond donors (Lipinski definition) is 0. The molecular formula is C19H18ClN3O6S. The second-order valence-electron chi connectivity index (χ2n) is 6.95. The van der Waals surface area contributed by atoms with Crippen molar-refractivity contribution in [3.05, 3.63) is 52.9 Å². The van der Waals surface area contributed by atoms with Crippen molar-refractivity contribution < 1.29 is 27.2 Å². The van der Waals surface area contributed by atoms with Gasteiger partial charge in [-0.3, -0.25) is 14.4 Å². The maximum atomic E-state index is 13.0. The highest BCUT2D eigenvalue weighted by molar-refractivity contribution is 7.94. The lowest BCUT2D eigenvalue weighted by molar-refractivity contribution is -0.116. The molecule has 4 rings (SSSR count). The Hall–Kier alpha value is -2.85. The monoisotopic (exact) mass is 451 g/mol. The molecule has 30 heavy (non-hydrogen) atoms. The molecule has 3 amide bonds. The van der Waals surface area contributed by atoms with E-state index in [1.54, 1.807) is 17.0 Å². The van der Waals surface area contributed by atoms with E-state index in [1.807, 2.05) is 0 Å². The third-order valence-corrected chi connectivity index (χ3v) is 7.10. The van der Waals surface area contributed by atoms with Crippen LogP contribution in [0.1, 0.15) is 27.3 Å². The van der Waals surface area contributed by atoms with Crippen molar-refractivity contribution in [2.24, 2.45) is 0 Å². The van der Waals surface area contributed by atoms with Gasteiger partial charge < -0.3 is 14.2 Å². The highest BCUT2D eigenvalue weighted by atomic mass is 35.5. The Morgan fingerprint density at radius 1 is 1.00 bits per heavy atom. The predicted octanol–water partition coefficient (Wildman–Crippen LogP) is 1.60. The van der Waals surface area contributed by atoms with Crippen molar-refractivity contribution in [3.8, 4) is 0 Å². The lowest BCUT2D eigenvalue weighted by Crippen LogP contribution is -2.50. The molecule has 2 aromatic rings. The van der Waals surface area contributed by atoms with Gasteiger partial charge in [0.2, 0.25) is 15.9 Å². The van der Waals surface area contributed by atoms with E-state index >= 15 is 0 Å². The minimum atomic E-state index is -3.75. The zero-order chi connectivity index (χ0) is 21.5. The number of halogens is 1. The molecule has 1 aromatic heterocycles. The van der Waals surface area contributed by atoms with Crippen molar-refractivity contribution in [2.45, 2.75) is 6.42 Å². The van der Waals surface area contributed by atoms with E-state index in [2.05, 4.69) is 0 Å². The molecule has 0 bridgehead atoms. The predicted molar refractivity (Wildman–Crippen MR) is 108 cm³/mol. The van der Waals surface area contributed by atoms with Gasteiger partial charge in [0.25, 0.3) is 11.8 Å². The molecule has 158 valence electrons. The molecule has 0 aliphatic carbocycles. The maximum Gasteiger partial charge on any atom is 0.289 e. The average molecular weight is 452 g/mol. The summed E-state index contributed by atoms with van der Waals surface area (Å²) in [4.78, 5) is 40.5. The highest BCUT2D eigenvalue weighted by Crippen LogP contribution is 2.30. The van der Waals surface area contributed by atoms with Crippen molar-refractivity contribution in [1.82, 2.24) is 9.80 Å². The number of sulfonamides is 1. The van der Waals surface area contributed by atoms with E-state index in [0.29, 0.717) is 13.1 Å². The molecule has 2 saturated heterocycles. The Morgan fingerprint density at radius 3 is 2.23 bits per heavy atom. The molecule has 0 N–H and O–H groups in total. The van der Waals surface area contributed by atoms with E-state index in [9.17, 15) is 22.8 Å². The summed E-state index contributed by atoms with van der Waals surface area (Å²) in [6.07, 6.45) is 1.33. The molecule has 0 radical (unpaired) electrons. The van der Waals surface area contributed by atoms with Gasteiger partial charge in [-0.25, -0.2) is 12.7 Å². The van der Waals surface area contributed by atoms with Crippen LogP contribution in [-0.2, 0) is 14.8 Å². The summed E-state index contributed by atoms with van der Waals surface area (Å²) in [5, 5.41) is 0.155. The number of nitrogens with zero attached hydrogens (tertiary/aromatic N) is 3. The number of furan rings is 1. The van der Waals surface area contributed by atoms with Gasteiger partial charge in [0.05, 0.1) is 28.3 Å². The number of piperazine rings is 1. The summed E-state index contributed by atoms with van der Waals surface area (Å²) in [5.41, 5.74) is 0.201. The Morgan fingerprint density at radius 2 is 1.67 bits per heavy atom. The molecule has 0 saturated carbocycles. The number of carbonyl (C=O) groups excluding carboxylic acids is 3. The fourth-order valence-electron chi connectivity index (χ4n) is 3.51. The summed E-state index contributed by atoms with van der Waals surface area (Å²) in [5.74, 6) is -1.20. The zero-order valence-corrected chi connectivity index (χ0v) is 17.4. The third kappa shape index (κ3) is 3.68. The number of benzene rings is 1. The summed E-state index contributed by atoms with van der Waals surface area (Å²) < 4.78 is 30.2. The van der Waals surface area contributed by atoms with Crippen LogP contribution in [0, 0.1) is 0 Å². The number of carbonyl (C=O) groups is 3. The van der Waals surface area contributed by atoms with E-state index in [1.165, 1.54) is 29.4 Å². The Bertz CT molecular complexity index is 1110. The molecule has 0 atom stereocenters. The van der Waals surface area contributed by atoms with E-state index in [4.69, 9.17) is 16.0 Å². The van der Waals surface area contributed by atoms with Crippen molar-refractivity contribution in [1.29, 1.82) is 0 Å². The third-order valence-electron chi connectivity index (χ3n) is 5.08. The SMILES string of the molecule is O=C(c1ccco1)N1CCN(C(=O)c2cc(N3C(=O)CCS3(=O)=O)ccc2Cl)CC1. The molecule has 11 heteroatoms. The smallest absolute Gasteiger partial charge is 0.289 e. The topological polar surface area (TPSA) is 108 Å². The number of anilines is 1. The van der Waals surface area contributed by atoms with Crippen LogP contribution in [0.25, 0.3) is 0 Å². The van der Waals surface area contributed by atoms with Gasteiger partial charge >= 0.3 is 0 Å². The fourth-order valence-corrected chi connectivity index (χ4v) is 5.16. The van der Waals surface area contributed by atoms with Crippen LogP contribution in [-0.4, -0.2) is 67.9 Å². The Kier molecular flexibility index (Phi) is 5.29. The van der Waals surface area contributed by atoms with Crippen LogP contribution in [0.4, 0.5) is 5.69 Å². The first kappa shape index (κ1) is 20.4. The summed E-state index contributed by atoms with van der Waals surface area (Å²) >= 11 is 6.19. The standard InChI is InChI=1S/C19H18ClN3O6S/c20-15-4-3-13(23-17(24)5-11-30(23,27)28)12-14(15)18(25)21-6-8-22(9-7-21)19(26)16-2-1-10-29-16/h1-4,10,12H,5-9,11H2. The van der Waals surface area contributed by atoms with Gasteiger partial charge in [0.15, 0.2) is 5.76 Å². The van der Waals surface area contributed by atoms with Crippen LogP contribution in [0.15, 0.2) is 41.0 Å². The van der Waals surface area contributed by atoms with Crippen LogP contribution in [0.3, 0.4) is 0 Å². The first-order valence-corrected chi connectivity index (χ1v) is 11.2. The van der Waals surface area contributed by atoms with Crippen LogP contribution < -0.4 is 4.31 Å². The normalized spacial score (nSPS) is 18.7. The fraction of sp³-hybridized carbons (Fsp3) is 0.316. The van der Waals surface area contributed by atoms with Gasteiger partial charge in [0, 0.05) is 32.6 Å². The van der Waals surface area contributed by atoms with Gasteiger partial charge in [-0.05, 0) is 30.3 Å². The molecular weight excluding hydrogens is 434 g/mol. The van der Waals surface area contributed by atoms with Crippen molar-refractivity contribution in [3.63, 3.8) is 0 Å². The van der Waals surface area contributed by atoms with Gasteiger partial charge in [-0.15, -0.1) is 0 Å². The first-order valence-electron chi connectivity index (χ1n) is 9.25. The van der Waals surface area contributed by atoms with E-state index < -0.39 is 21.8 Å². The van der Waals surface area contributed by atoms with Gasteiger partial charge in [0.1, 0.15) is 0 Å². The minimum Gasteiger partial charge on any atom is -0.459 e. The minimum absolute atomic E-state index is 0.0943. The first-order chi connectivity index (χ1) is 14.3. The summed E-state index contributed by atoms with van der Waals surface area (Å²) in [7, 11) is -3.75.